The number of rotatable bonds is 4. The number of aromatic nitrogens is 3. The molecule has 0 radical (unpaired) electrons. The highest BCUT2D eigenvalue weighted by atomic mass is 19.4. The summed E-state index contributed by atoms with van der Waals surface area (Å²) in [5.74, 6) is -0.869. The van der Waals surface area contributed by atoms with E-state index in [0.717, 1.165) is 36.7 Å². The molecule has 168 valence electrons. The highest BCUT2D eigenvalue weighted by Gasteiger charge is 2.37. The Bertz CT molecular complexity index is 1130. The second-order valence-corrected chi connectivity index (χ2v) is 6.68. The van der Waals surface area contributed by atoms with Crippen LogP contribution >= 0.6 is 0 Å². The molecule has 1 amide bonds. The minimum atomic E-state index is -4.83. The van der Waals surface area contributed by atoms with Gasteiger partial charge in [0.2, 0.25) is 0 Å². The molecule has 1 atom stereocenters. The van der Waals surface area contributed by atoms with Crippen molar-refractivity contribution in [2.24, 2.45) is 0 Å². The third-order valence-corrected chi connectivity index (χ3v) is 4.45. The van der Waals surface area contributed by atoms with Crippen LogP contribution in [-0.2, 0) is 12.4 Å². The number of halogens is 6. The summed E-state index contributed by atoms with van der Waals surface area (Å²) in [6.45, 7) is 1.52. The number of nitrogen functional groups attached to an aromatic ring is 1. The maximum atomic E-state index is 13.6. The van der Waals surface area contributed by atoms with Crippen LogP contribution in [0.4, 0.5) is 32.2 Å². The SMILES string of the molecule is Cc1ncc(C(=O)NC(c2ccc(C(F)(F)F)cc2)c2ncccc2C(F)(F)F)c(N)n1. The summed E-state index contributed by atoms with van der Waals surface area (Å²) in [7, 11) is 0. The first-order chi connectivity index (χ1) is 14.9. The molecule has 1 aromatic carbocycles. The number of benzene rings is 1. The van der Waals surface area contributed by atoms with Crippen LogP contribution in [0.15, 0.2) is 48.8 Å². The number of nitrogens with two attached hydrogens (primary N) is 1. The van der Waals surface area contributed by atoms with Crippen LogP contribution in [0.3, 0.4) is 0 Å². The van der Waals surface area contributed by atoms with E-state index in [1.54, 1.807) is 0 Å². The van der Waals surface area contributed by atoms with Gasteiger partial charge >= 0.3 is 12.4 Å². The molecule has 0 saturated carbocycles. The Hall–Kier alpha value is -3.70. The summed E-state index contributed by atoms with van der Waals surface area (Å²) >= 11 is 0. The van der Waals surface area contributed by atoms with Gasteiger partial charge < -0.3 is 11.1 Å². The van der Waals surface area contributed by atoms with Crippen molar-refractivity contribution in [3.63, 3.8) is 0 Å². The van der Waals surface area contributed by atoms with E-state index in [2.05, 4.69) is 20.3 Å². The van der Waals surface area contributed by atoms with E-state index in [4.69, 9.17) is 5.73 Å². The van der Waals surface area contributed by atoms with Crippen LogP contribution in [0, 0.1) is 6.92 Å². The van der Waals surface area contributed by atoms with Gasteiger partial charge in [-0.05, 0) is 36.8 Å². The normalized spacial score (nSPS) is 13.0. The van der Waals surface area contributed by atoms with Crippen LogP contribution in [0.2, 0.25) is 0 Å². The monoisotopic (exact) mass is 455 g/mol. The van der Waals surface area contributed by atoms with Crippen molar-refractivity contribution in [3.05, 3.63) is 82.6 Å². The van der Waals surface area contributed by atoms with Crippen LogP contribution in [0.5, 0.6) is 0 Å². The van der Waals surface area contributed by atoms with Crippen LogP contribution < -0.4 is 11.1 Å². The number of carbonyl (C=O) groups excluding carboxylic acids is 1. The van der Waals surface area contributed by atoms with Crippen LogP contribution in [0.25, 0.3) is 0 Å². The summed E-state index contributed by atoms with van der Waals surface area (Å²) in [5, 5.41) is 2.35. The molecule has 0 spiro atoms. The number of nitrogens with zero attached hydrogens (tertiary/aromatic N) is 3. The lowest BCUT2D eigenvalue weighted by Crippen LogP contribution is -2.32. The Kier molecular flexibility index (Phi) is 6.06. The topological polar surface area (TPSA) is 93.8 Å². The van der Waals surface area contributed by atoms with E-state index < -0.39 is 41.1 Å². The second kappa shape index (κ2) is 8.44. The maximum absolute atomic E-state index is 13.6. The lowest BCUT2D eigenvalue weighted by molar-refractivity contribution is -0.139. The van der Waals surface area contributed by atoms with Gasteiger partial charge in [-0.25, -0.2) is 9.97 Å². The minimum absolute atomic E-state index is 0.0536. The number of pyridine rings is 1. The molecule has 0 aliphatic carbocycles. The molecule has 1 unspecified atom stereocenters. The number of nitrogens with one attached hydrogen (secondary N) is 1. The van der Waals surface area contributed by atoms with E-state index in [1.165, 1.54) is 6.92 Å². The summed E-state index contributed by atoms with van der Waals surface area (Å²) in [6, 6.07) is 3.62. The minimum Gasteiger partial charge on any atom is -0.383 e. The average molecular weight is 455 g/mol. The van der Waals surface area contributed by atoms with Gasteiger partial charge in [-0.1, -0.05) is 12.1 Å². The molecule has 0 aliphatic rings. The predicted molar refractivity (Wildman–Crippen MR) is 101 cm³/mol. The molecular formula is C20H15F6N5O. The van der Waals surface area contributed by atoms with Gasteiger partial charge in [0.25, 0.3) is 5.91 Å². The molecule has 0 fully saturated rings. The molecule has 32 heavy (non-hydrogen) atoms. The van der Waals surface area contributed by atoms with Crippen molar-refractivity contribution in [1.29, 1.82) is 0 Å². The molecule has 6 nitrogen and oxygen atoms in total. The summed E-state index contributed by atoms with van der Waals surface area (Å²) in [6.07, 6.45) is -7.30. The van der Waals surface area contributed by atoms with Gasteiger partial charge in [0.1, 0.15) is 11.6 Å². The highest BCUT2D eigenvalue weighted by molar-refractivity contribution is 5.98. The Balaban J connectivity index is 2.09. The molecule has 2 heterocycles. The van der Waals surface area contributed by atoms with Gasteiger partial charge in [0.05, 0.1) is 28.4 Å². The average Bonchev–Trinajstić information content (AvgIpc) is 2.70. The van der Waals surface area contributed by atoms with Gasteiger partial charge in [0, 0.05) is 12.4 Å². The number of amides is 1. The molecule has 12 heteroatoms. The van der Waals surface area contributed by atoms with E-state index in [0.29, 0.717) is 12.1 Å². The standard InChI is InChI=1S/C20H15F6N5O/c1-10-29-9-13(17(27)30-10)18(32)31-15(11-4-6-12(7-5-11)19(21,22)23)16-14(20(24,25)26)3-2-8-28-16/h2-9,15H,1H3,(H,31,32)(H2,27,29,30). The fourth-order valence-corrected chi connectivity index (χ4v) is 2.93. The highest BCUT2D eigenvalue weighted by Crippen LogP contribution is 2.36. The predicted octanol–water partition coefficient (Wildman–Crippen LogP) is 4.32. The lowest BCUT2D eigenvalue weighted by Gasteiger charge is -2.23. The molecule has 0 bridgehead atoms. The molecule has 3 rings (SSSR count). The van der Waals surface area contributed by atoms with E-state index in [9.17, 15) is 31.1 Å². The quantitative estimate of drug-likeness (QED) is 0.572. The third-order valence-electron chi connectivity index (χ3n) is 4.45. The Morgan fingerprint density at radius 3 is 2.22 bits per heavy atom. The summed E-state index contributed by atoms with van der Waals surface area (Å²) < 4.78 is 79.5. The maximum Gasteiger partial charge on any atom is 0.418 e. The molecule has 3 aromatic rings. The fraction of sp³-hybridized carbons (Fsp3) is 0.200. The summed E-state index contributed by atoms with van der Waals surface area (Å²) in [4.78, 5) is 24.2. The van der Waals surface area contributed by atoms with Crippen molar-refractivity contribution in [2.45, 2.75) is 25.3 Å². The first kappa shape index (κ1) is 23.0. The molecule has 3 N–H and O–H groups in total. The van der Waals surface area contributed by atoms with Gasteiger partial charge in [-0.2, -0.15) is 26.3 Å². The van der Waals surface area contributed by atoms with Crippen LogP contribution in [-0.4, -0.2) is 20.9 Å². The Labute approximate surface area is 177 Å². The zero-order valence-corrected chi connectivity index (χ0v) is 16.3. The Morgan fingerprint density at radius 1 is 1.00 bits per heavy atom. The van der Waals surface area contributed by atoms with Gasteiger partial charge in [-0.3, -0.25) is 9.78 Å². The van der Waals surface area contributed by atoms with Crippen LogP contribution in [0.1, 0.15) is 44.6 Å². The van der Waals surface area contributed by atoms with Gasteiger partial charge in [0.15, 0.2) is 0 Å². The van der Waals surface area contributed by atoms with E-state index in [1.807, 2.05) is 0 Å². The zero-order chi connectivity index (χ0) is 23.7. The molecular weight excluding hydrogens is 440 g/mol. The van der Waals surface area contributed by atoms with Crippen molar-refractivity contribution in [1.82, 2.24) is 20.3 Å². The first-order valence-corrected chi connectivity index (χ1v) is 8.97. The summed E-state index contributed by atoms with van der Waals surface area (Å²) in [5.41, 5.74) is 2.69. The second-order valence-electron chi connectivity index (χ2n) is 6.68. The van der Waals surface area contributed by atoms with Crippen molar-refractivity contribution in [2.75, 3.05) is 5.73 Å². The third kappa shape index (κ3) is 4.95. The smallest absolute Gasteiger partial charge is 0.383 e. The van der Waals surface area contributed by atoms with E-state index in [-0.39, 0.29) is 22.8 Å². The number of anilines is 1. The van der Waals surface area contributed by atoms with Gasteiger partial charge in [-0.15, -0.1) is 0 Å². The number of carbonyl (C=O) groups is 1. The molecule has 0 aliphatic heterocycles. The number of alkyl halides is 6. The zero-order valence-electron chi connectivity index (χ0n) is 16.3. The van der Waals surface area contributed by atoms with E-state index >= 15 is 0 Å². The fourth-order valence-electron chi connectivity index (χ4n) is 2.93. The number of hydrogen-bond acceptors (Lipinski definition) is 5. The molecule has 0 saturated heterocycles. The van der Waals surface area contributed by atoms with Crippen molar-refractivity contribution < 1.29 is 31.1 Å². The first-order valence-electron chi connectivity index (χ1n) is 8.97. The lowest BCUT2D eigenvalue weighted by atomic mass is 9.97. The number of hydrogen-bond donors (Lipinski definition) is 2. The molecule has 2 aromatic heterocycles. The Morgan fingerprint density at radius 2 is 1.66 bits per heavy atom. The largest absolute Gasteiger partial charge is 0.418 e. The van der Waals surface area contributed by atoms with Crippen molar-refractivity contribution in [3.8, 4) is 0 Å². The number of aryl methyl sites for hydroxylation is 1. The van der Waals surface area contributed by atoms with Crippen molar-refractivity contribution >= 4 is 11.7 Å².